The first kappa shape index (κ1) is 20.1. The van der Waals surface area contributed by atoms with Gasteiger partial charge in [0.1, 0.15) is 5.82 Å². The Kier molecular flexibility index (Phi) is 5.07. The zero-order chi connectivity index (χ0) is 22.2. The molecular formula is C24H21FN4O3. The smallest absolute Gasteiger partial charge is 0.326 e. The van der Waals surface area contributed by atoms with Crippen LogP contribution in [0, 0.1) is 5.82 Å². The molecule has 1 aromatic heterocycles. The highest BCUT2D eigenvalue weighted by Crippen LogP contribution is 2.48. The highest BCUT2D eigenvalue weighted by atomic mass is 19.1. The van der Waals surface area contributed by atoms with Crippen LogP contribution in [-0.4, -0.2) is 52.2 Å². The number of benzene rings is 2. The number of amides is 3. The number of likely N-dealkylation sites (tertiary alicyclic amines) is 1. The lowest BCUT2D eigenvalue weighted by Crippen LogP contribution is -2.71. The van der Waals surface area contributed by atoms with E-state index in [-0.39, 0.29) is 48.9 Å². The lowest BCUT2D eigenvalue weighted by atomic mass is 9.71. The lowest BCUT2D eigenvalue weighted by Gasteiger charge is -2.58. The number of nitrogens with zero attached hydrogens (tertiary/aromatic N) is 3. The first-order valence-corrected chi connectivity index (χ1v) is 10.3. The van der Waals surface area contributed by atoms with Gasteiger partial charge in [-0.1, -0.05) is 18.2 Å². The summed E-state index contributed by atoms with van der Waals surface area (Å²) in [7, 11) is 0. The summed E-state index contributed by atoms with van der Waals surface area (Å²) in [6.45, 7) is 0.0977. The largest absolute Gasteiger partial charge is 0.394 e. The Hall–Kier alpha value is -3.78. The Bertz CT molecular complexity index is 1160. The van der Waals surface area contributed by atoms with E-state index in [1.165, 1.54) is 30.5 Å². The van der Waals surface area contributed by atoms with Gasteiger partial charge in [-0.25, -0.2) is 9.18 Å². The molecule has 2 N–H and O–H groups in total. The summed E-state index contributed by atoms with van der Waals surface area (Å²) in [4.78, 5) is 33.6. The Labute approximate surface area is 184 Å². The SMILES string of the molecule is O=C(Nc1ccc(F)cc1)N1C[C@@H]2[C@H](c3ccccc31)[C@H](CO)N2C(=O)c1cccnc1. The molecule has 0 unspecified atom stereocenters. The maximum Gasteiger partial charge on any atom is 0.326 e. The van der Waals surface area contributed by atoms with Crippen molar-refractivity contribution in [1.29, 1.82) is 0 Å². The first-order valence-electron chi connectivity index (χ1n) is 10.3. The van der Waals surface area contributed by atoms with E-state index in [0.29, 0.717) is 11.3 Å². The maximum atomic E-state index is 13.2. The minimum absolute atomic E-state index is 0.0771. The van der Waals surface area contributed by atoms with Crippen molar-refractivity contribution in [3.05, 3.63) is 90.0 Å². The van der Waals surface area contributed by atoms with E-state index in [1.807, 2.05) is 24.3 Å². The van der Waals surface area contributed by atoms with Crippen LogP contribution in [0.15, 0.2) is 73.1 Å². The number of pyridine rings is 1. The number of fused-ring (bicyclic) bond motifs is 3. The molecule has 0 radical (unpaired) electrons. The van der Waals surface area contributed by atoms with E-state index >= 15 is 0 Å². The van der Waals surface area contributed by atoms with Crippen LogP contribution in [0.2, 0.25) is 0 Å². The van der Waals surface area contributed by atoms with Gasteiger partial charge in [0.05, 0.1) is 24.3 Å². The van der Waals surface area contributed by atoms with Crippen molar-refractivity contribution < 1.29 is 19.1 Å². The van der Waals surface area contributed by atoms with Gasteiger partial charge in [0.25, 0.3) is 5.91 Å². The van der Waals surface area contributed by atoms with Crippen LogP contribution in [0.5, 0.6) is 0 Å². The number of rotatable bonds is 3. The number of para-hydroxylation sites is 1. The van der Waals surface area contributed by atoms with Crippen LogP contribution in [0.3, 0.4) is 0 Å². The second-order valence-corrected chi connectivity index (χ2v) is 7.90. The predicted molar refractivity (Wildman–Crippen MR) is 117 cm³/mol. The van der Waals surface area contributed by atoms with Crippen molar-refractivity contribution in [2.75, 3.05) is 23.4 Å². The van der Waals surface area contributed by atoms with Gasteiger partial charge in [-0.05, 0) is 48.0 Å². The van der Waals surface area contributed by atoms with Crippen LogP contribution in [-0.2, 0) is 0 Å². The molecule has 0 saturated carbocycles. The van der Waals surface area contributed by atoms with Gasteiger partial charge in [0, 0.05) is 36.2 Å². The number of aromatic nitrogens is 1. The van der Waals surface area contributed by atoms with Crippen molar-refractivity contribution in [1.82, 2.24) is 9.88 Å². The number of carbonyl (C=O) groups is 2. The fraction of sp³-hybridized carbons (Fsp3) is 0.208. The molecule has 3 aromatic rings. The standard InChI is InChI=1S/C24H21FN4O3/c25-16-7-9-17(10-8-16)27-24(32)28-13-20-22(18-5-1-2-6-19(18)28)21(14-30)29(20)23(31)15-4-3-11-26-12-15/h1-12,20-22,30H,13-14H2,(H,27,32)/t20-,21+,22+/m1/s1. The van der Waals surface area contributed by atoms with Gasteiger partial charge in [-0.3, -0.25) is 14.7 Å². The van der Waals surface area contributed by atoms with Crippen molar-refractivity contribution in [2.45, 2.75) is 18.0 Å². The summed E-state index contributed by atoms with van der Waals surface area (Å²) in [5.41, 5.74) is 2.55. The molecule has 0 aliphatic carbocycles. The molecule has 0 bridgehead atoms. The highest BCUT2D eigenvalue weighted by molar-refractivity contribution is 6.03. The molecule has 3 amide bonds. The number of aliphatic hydroxyl groups is 1. The van der Waals surface area contributed by atoms with Crippen LogP contribution in [0.1, 0.15) is 21.8 Å². The summed E-state index contributed by atoms with van der Waals surface area (Å²) in [6.07, 6.45) is 3.09. The summed E-state index contributed by atoms with van der Waals surface area (Å²) in [6, 6.07) is 15.4. The fourth-order valence-corrected chi connectivity index (χ4v) is 4.72. The van der Waals surface area contributed by atoms with Gasteiger partial charge in [-0.2, -0.15) is 0 Å². The van der Waals surface area contributed by atoms with Gasteiger partial charge < -0.3 is 15.3 Å². The van der Waals surface area contributed by atoms with Crippen molar-refractivity contribution in [2.24, 2.45) is 0 Å². The second-order valence-electron chi connectivity index (χ2n) is 7.90. The Morgan fingerprint density at radius 1 is 1.09 bits per heavy atom. The number of urea groups is 1. The van der Waals surface area contributed by atoms with E-state index in [9.17, 15) is 19.1 Å². The van der Waals surface area contributed by atoms with E-state index < -0.39 is 0 Å². The van der Waals surface area contributed by atoms with Gasteiger partial charge in [0.2, 0.25) is 0 Å². The minimum Gasteiger partial charge on any atom is -0.394 e. The quantitative estimate of drug-likeness (QED) is 0.665. The monoisotopic (exact) mass is 432 g/mol. The average Bonchev–Trinajstić information content (AvgIpc) is 2.81. The third-order valence-corrected chi connectivity index (χ3v) is 6.17. The summed E-state index contributed by atoms with van der Waals surface area (Å²) < 4.78 is 13.2. The summed E-state index contributed by atoms with van der Waals surface area (Å²) >= 11 is 0. The Morgan fingerprint density at radius 3 is 2.59 bits per heavy atom. The van der Waals surface area contributed by atoms with E-state index in [1.54, 1.807) is 28.1 Å². The third-order valence-electron chi connectivity index (χ3n) is 6.17. The van der Waals surface area contributed by atoms with Crippen LogP contribution >= 0.6 is 0 Å². The van der Waals surface area contributed by atoms with Crippen molar-refractivity contribution >= 4 is 23.3 Å². The predicted octanol–water partition coefficient (Wildman–Crippen LogP) is 3.24. The molecule has 2 aromatic carbocycles. The zero-order valence-electron chi connectivity index (χ0n) is 17.1. The number of hydrogen-bond donors (Lipinski definition) is 2. The Morgan fingerprint density at radius 2 is 1.88 bits per heavy atom. The molecule has 0 spiro atoms. The summed E-state index contributed by atoms with van der Waals surface area (Å²) in [5, 5.41) is 12.9. The number of halogens is 1. The molecule has 7 nitrogen and oxygen atoms in total. The fourth-order valence-electron chi connectivity index (χ4n) is 4.72. The van der Waals surface area contributed by atoms with Gasteiger partial charge in [-0.15, -0.1) is 0 Å². The number of anilines is 2. The molecular weight excluding hydrogens is 411 g/mol. The summed E-state index contributed by atoms with van der Waals surface area (Å²) in [5.74, 6) is -0.688. The second kappa shape index (κ2) is 8.05. The Balaban J connectivity index is 1.46. The molecule has 3 atom stereocenters. The van der Waals surface area contributed by atoms with E-state index in [4.69, 9.17) is 0 Å². The molecule has 1 saturated heterocycles. The van der Waals surface area contributed by atoms with Crippen molar-refractivity contribution in [3.8, 4) is 0 Å². The molecule has 5 rings (SSSR count). The van der Waals surface area contributed by atoms with Crippen LogP contribution < -0.4 is 10.2 Å². The topological polar surface area (TPSA) is 85.8 Å². The maximum absolute atomic E-state index is 13.2. The minimum atomic E-state index is -0.386. The molecule has 162 valence electrons. The molecule has 8 heteroatoms. The van der Waals surface area contributed by atoms with Crippen LogP contribution in [0.4, 0.5) is 20.6 Å². The molecule has 2 aliphatic heterocycles. The number of hydrogen-bond acceptors (Lipinski definition) is 4. The van der Waals surface area contributed by atoms with Gasteiger partial charge >= 0.3 is 6.03 Å². The molecule has 3 heterocycles. The average molecular weight is 432 g/mol. The molecule has 1 fully saturated rings. The molecule has 32 heavy (non-hydrogen) atoms. The normalized spacial score (nSPS) is 21.2. The van der Waals surface area contributed by atoms with E-state index in [0.717, 1.165) is 11.3 Å². The zero-order valence-corrected chi connectivity index (χ0v) is 17.1. The highest BCUT2D eigenvalue weighted by Gasteiger charge is 2.55. The lowest BCUT2D eigenvalue weighted by molar-refractivity contribution is -0.0241. The van der Waals surface area contributed by atoms with Crippen molar-refractivity contribution in [3.63, 3.8) is 0 Å². The van der Waals surface area contributed by atoms with E-state index in [2.05, 4.69) is 10.3 Å². The molecule has 2 aliphatic rings. The van der Waals surface area contributed by atoms with Gasteiger partial charge in [0.15, 0.2) is 0 Å². The number of carbonyl (C=O) groups excluding carboxylic acids is 2. The first-order chi connectivity index (χ1) is 15.6. The number of nitrogens with one attached hydrogen (secondary N) is 1. The van der Waals surface area contributed by atoms with Crippen LogP contribution in [0.25, 0.3) is 0 Å². The number of aliphatic hydroxyl groups excluding tert-OH is 1. The third kappa shape index (κ3) is 3.29.